The van der Waals surface area contributed by atoms with E-state index in [-0.39, 0.29) is 12.1 Å². The normalized spacial score (nSPS) is 23.2. The number of amides is 2. The van der Waals surface area contributed by atoms with Gasteiger partial charge in [0, 0.05) is 18.1 Å². The van der Waals surface area contributed by atoms with Crippen LogP contribution in [0.1, 0.15) is 24.5 Å². The predicted octanol–water partition coefficient (Wildman–Crippen LogP) is 2.76. The molecule has 2 amide bonds. The van der Waals surface area contributed by atoms with Gasteiger partial charge >= 0.3 is 6.03 Å². The molecule has 1 atom stereocenters. The first-order chi connectivity index (χ1) is 11.6. The van der Waals surface area contributed by atoms with Crippen LogP contribution in [-0.2, 0) is 4.74 Å². The maximum absolute atomic E-state index is 12.5. The Labute approximate surface area is 148 Å². The number of morpholine rings is 1. The first-order valence-electron chi connectivity index (χ1n) is 8.70. The van der Waals surface area contributed by atoms with Crippen LogP contribution in [0.3, 0.4) is 0 Å². The van der Waals surface area contributed by atoms with Crippen LogP contribution in [0.25, 0.3) is 0 Å². The van der Waals surface area contributed by atoms with Gasteiger partial charge in [-0.1, -0.05) is 23.7 Å². The highest BCUT2D eigenvalue weighted by atomic mass is 35.5. The maximum atomic E-state index is 12.5. The highest BCUT2D eigenvalue weighted by Crippen LogP contribution is 2.24. The first-order valence-corrected chi connectivity index (χ1v) is 9.08. The molecule has 5 nitrogen and oxygen atoms in total. The lowest BCUT2D eigenvalue weighted by atomic mass is 9.97. The van der Waals surface area contributed by atoms with Crippen molar-refractivity contribution in [1.29, 1.82) is 0 Å². The number of carbonyl (C=O) groups excluding carboxylic acids is 1. The van der Waals surface area contributed by atoms with Gasteiger partial charge in [0.25, 0.3) is 0 Å². The molecular formula is C18H26ClN3O2. The second-order valence-corrected chi connectivity index (χ2v) is 7.23. The number of nitrogens with one attached hydrogen (secondary N) is 1. The summed E-state index contributed by atoms with van der Waals surface area (Å²) in [6.45, 7) is 4.81. The highest BCUT2D eigenvalue weighted by Gasteiger charge is 2.26. The van der Waals surface area contributed by atoms with E-state index in [2.05, 4.69) is 17.3 Å². The minimum atomic E-state index is -0.0786. The molecule has 2 aliphatic heterocycles. The molecule has 6 heteroatoms. The van der Waals surface area contributed by atoms with E-state index in [4.69, 9.17) is 16.3 Å². The summed E-state index contributed by atoms with van der Waals surface area (Å²) in [7, 11) is 2.15. The SMILES string of the molecule is CN1CCC(CNC(=O)N2CCOC(c3ccc(Cl)cc3)C2)CC1. The number of rotatable bonds is 3. The Bertz CT molecular complexity index is 544. The number of hydrogen-bond donors (Lipinski definition) is 1. The molecular weight excluding hydrogens is 326 g/mol. The van der Waals surface area contributed by atoms with Gasteiger partial charge in [-0.2, -0.15) is 0 Å². The summed E-state index contributed by atoms with van der Waals surface area (Å²) < 4.78 is 5.82. The number of halogens is 1. The highest BCUT2D eigenvalue weighted by molar-refractivity contribution is 6.30. The summed E-state index contributed by atoms with van der Waals surface area (Å²) in [5.41, 5.74) is 1.06. The van der Waals surface area contributed by atoms with Crippen molar-refractivity contribution >= 4 is 17.6 Å². The molecule has 0 spiro atoms. The Morgan fingerprint density at radius 2 is 1.96 bits per heavy atom. The van der Waals surface area contributed by atoms with Crippen LogP contribution in [0.15, 0.2) is 24.3 Å². The van der Waals surface area contributed by atoms with Crippen LogP contribution in [-0.4, -0.2) is 62.2 Å². The quantitative estimate of drug-likeness (QED) is 0.910. The molecule has 1 aromatic carbocycles. The van der Waals surface area contributed by atoms with Crippen molar-refractivity contribution < 1.29 is 9.53 Å². The van der Waals surface area contributed by atoms with Gasteiger partial charge in [-0.15, -0.1) is 0 Å². The fourth-order valence-corrected chi connectivity index (χ4v) is 3.45. The molecule has 2 heterocycles. The van der Waals surface area contributed by atoms with E-state index < -0.39 is 0 Å². The van der Waals surface area contributed by atoms with Gasteiger partial charge in [-0.05, 0) is 56.6 Å². The predicted molar refractivity (Wildman–Crippen MR) is 95.3 cm³/mol. The lowest BCUT2D eigenvalue weighted by molar-refractivity contribution is -0.0155. The zero-order valence-corrected chi connectivity index (χ0v) is 15.0. The number of carbonyl (C=O) groups is 1. The van der Waals surface area contributed by atoms with E-state index in [1.807, 2.05) is 29.2 Å². The molecule has 0 saturated carbocycles. The summed E-state index contributed by atoms with van der Waals surface area (Å²) in [5.74, 6) is 0.596. The molecule has 0 bridgehead atoms. The van der Waals surface area contributed by atoms with Crippen LogP contribution >= 0.6 is 11.6 Å². The fraction of sp³-hybridized carbons (Fsp3) is 0.611. The van der Waals surface area contributed by atoms with E-state index >= 15 is 0 Å². The van der Waals surface area contributed by atoms with Gasteiger partial charge in [0.2, 0.25) is 0 Å². The van der Waals surface area contributed by atoms with Crippen molar-refractivity contribution in [3.05, 3.63) is 34.9 Å². The van der Waals surface area contributed by atoms with E-state index in [1.54, 1.807) is 0 Å². The number of ether oxygens (including phenoxy) is 1. The van der Waals surface area contributed by atoms with Crippen molar-refractivity contribution in [3.8, 4) is 0 Å². The smallest absolute Gasteiger partial charge is 0.317 e. The standard InChI is InChI=1S/C18H26ClN3O2/c1-21-8-6-14(7-9-21)12-20-18(23)22-10-11-24-17(13-22)15-2-4-16(19)5-3-15/h2-5,14,17H,6-13H2,1H3,(H,20,23). The molecule has 0 aliphatic carbocycles. The minimum Gasteiger partial charge on any atom is -0.370 e. The summed E-state index contributed by atoms with van der Waals surface area (Å²) >= 11 is 5.94. The molecule has 2 aliphatic rings. The Kier molecular flexibility index (Phi) is 5.98. The number of piperidine rings is 1. The molecule has 2 saturated heterocycles. The molecule has 3 rings (SSSR count). The molecule has 0 aromatic heterocycles. The van der Waals surface area contributed by atoms with Crippen LogP contribution in [0.4, 0.5) is 4.79 Å². The Hall–Kier alpha value is -1.30. The topological polar surface area (TPSA) is 44.8 Å². The number of urea groups is 1. The van der Waals surface area contributed by atoms with E-state index in [9.17, 15) is 4.79 Å². The number of benzene rings is 1. The van der Waals surface area contributed by atoms with Crippen molar-refractivity contribution in [2.75, 3.05) is 46.4 Å². The number of hydrogen-bond acceptors (Lipinski definition) is 3. The molecule has 24 heavy (non-hydrogen) atoms. The molecule has 1 unspecified atom stereocenters. The van der Waals surface area contributed by atoms with E-state index in [0.717, 1.165) is 38.0 Å². The summed E-state index contributed by atoms with van der Waals surface area (Å²) in [6, 6.07) is 7.68. The fourth-order valence-electron chi connectivity index (χ4n) is 3.32. The van der Waals surface area contributed by atoms with Crippen LogP contribution in [0, 0.1) is 5.92 Å². The molecule has 0 radical (unpaired) electrons. The lowest BCUT2D eigenvalue weighted by Gasteiger charge is -2.34. The Balaban J connectivity index is 1.48. The zero-order valence-electron chi connectivity index (χ0n) is 14.2. The van der Waals surface area contributed by atoms with Gasteiger partial charge in [-0.3, -0.25) is 0 Å². The molecule has 2 fully saturated rings. The Morgan fingerprint density at radius 3 is 2.67 bits per heavy atom. The third-order valence-corrected chi connectivity index (χ3v) is 5.23. The lowest BCUT2D eigenvalue weighted by Crippen LogP contribution is -2.48. The maximum Gasteiger partial charge on any atom is 0.317 e. The molecule has 1 N–H and O–H groups in total. The second kappa shape index (κ2) is 8.19. The monoisotopic (exact) mass is 351 g/mol. The summed E-state index contributed by atoms with van der Waals surface area (Å²) in [4.78, 5) is 16.7. The van der Waals surface area contributed by atoms with E-state index in [1.165, 1.54) is 0 Å². The molecule has 132 valence electrons. The third kappa shape index (κ3) is 4.62. The van der Waals surface area contributed by atoms with Gasteiger partial charge < -0.3 is 19.9 Å². The zero-order chi connectivity index (χ0) is 16.9. The number of likely N-dealkylation sites (tertiary alicyclic amines) is 1. The van der Waals surface area contributed by atoms with Crippen molar-refractivity contribution in [2.45, 2.75) is 18.9 Å². The first kappa shape index (κ1) is 17.5. The number of nitrogens with zero attached hydrogens (tertiary/aromatic N) is 2. The average molecular weight is 352 g/mol. The van der Waals surface area contributed by atoms with Crippen molar-refractivity contribution in [3.63, 3.8) is 0 Å². The largest absolute Gasteiger partial charge is 0.370 e. The van der Waals surface area contributed by atoms with E-state index in [0.29, 0.717) is 30.6 Å². The van der Waals surface area contributed by atoms with Gasteiger partial charge in [0.15, 0.2) is 0 Å². The van der Waals surface area contributed by atoms with Crippen LogP contribution < -0.4 is 5.32 Å². The van der Waals surface area contributed by atoms with Crippen LogP contribution in [0.5, 0.6) is 0 Å². The third-order valence-electron chi connectivity index (χ3n) is 4.98. The Morgan fingerprint density at radius 1 is 1.25 bits per heavy atom. The van der Waals surface area contributed by atoms with Crippen molar-refractivity contribution in [2.24, 2.45) is 5.92 Å². The second-order valence-electron chi connectivity index (χ2n) is 6.79. The van der Waals surface area contributed by atoms with Gasteiger partial charge in [0.1, 0.15) is 6.10 Å². The average Bonchev–Trinajstić information content (AvgIpc) is 2.62. The van der Waals surface area contributed by atoms with Gasteiger partial charge in [0.05, 0.1) is 13.2 Å². The van der Waals surface area contributed by atoms with Crippen LogP contribution in [0.2, 0.25) is 5.02 Å². The molecule has 1 aromatic rings. The van der Waals surface area contributed by atoms with Crippen molar-refractivity contribution in [1.82, 2.24) is 15.1 Å². The summed E-state index contributed by atoms with van der Waals surface area (Å²) in [6.07, 6.45) is 2.24. The minimum absolute atomic E-state index is 0.0243. The summed E-state index contributed by atoms with van der Waals surface area (Å²) in [5, 5.41) is 3.82. The van der Waals surface area contributed by atoms with Gasteiger partial charge in [-0.25, -0.2) is 4.79 Å².